The van der Waals surface area contributed by atoms with Gasteiger partial charge in [-0.3, -0.25) is 10.1 Å². The summed E-state index contributed by atoms with van der Waals surface area (Å²) in [7, 11) is 0. The molecule has 2 aromatic rings. The number of hydrogen-bond acceptors (Lipinski definition) is 6. The number of aryl methyl sites for hydroxylation is 1. The third kappa shape index (κ3) is 5.30. The van der Waals surface area contributed by atoms with Crippen LogP contribution in [0.4, 0.5) is 10.5 Å². The first-order chi connectivity index (χ1) is 17.2. The van der Waals surface area contributed by atoms with E-state index in [2.05, 4.69) is 17.6 Å². The monoisotopic (exact) mass is 498 g/mol. The van der Waals surface area contributed by atoms with Gasteiger partial charge in [-0.05, 0) is 74.1 Å². The third-order valence-corrected chi connectivity index (χ3v) is 8.67. The van der Waals surface area contributed by atoms with Crippen LogP contribution in [-0.2, 0) is 16.1 Å². The highest BCUT2D eigenvalue weighted by molar-refractivity contribution is 5.84. The summed E-state index contributed by atoms with van der Waals surface area (Å²) in [6.45, 7) is 6.20. The van der Waals surface area contributed by atoms with Crippen molar-refractivity contribution in [2.75, 3.05) is 11.9 Å². The number of hydrogen-bond donors (Lipinski definition) is 4. The standard InChI is InChI=1S/C28H38N2O6/c1-18-6-8-19(9-7-18)30-26(34)36-24-12-13-27(2)21(15-25(33)29-16-20-5-4-14-35-20)22(32)10-11-23(27)28(24,3)17-31/h4-9,14,21-24,31-32H,10-13,15-17H2,1-3H3,(H,29,33)(H,30,34)/t21-,22-,23-,24+,27-,28+/m1/s1. The summed E-state index contributed by atoms with van der Waals surface area (Å²) in [6.07, 6.45) is 2.58. The van der Waals surface area contributed by atoms with Gasteiger partial charge < -0.3 is 24.7 Å². The van der Waals surface area contributed by atoms with Gasteiger partial charge in [-0.15, -0.1) is 0 Å². The van der Waals surface area contributed by atoms with Crippen LogP contribution in [0, 0.1) is 29.6 Å². The van der Waals surface area contributed by atoms with Gasteiger partial charge in [-0.1, -0.05) is 31.5 Å². The molecule has 6 atom stereocenters. The minimum Gasteiger partial charge on any atom is -0.467 e. The number of benzene rings is 1. The maximum atomic E-state index is 12.8. The molecule has 2 amide bonds. The van der Waals surface area contributed by atoms with Crippen LogP contribution in [0.25, 0.3) is 0 Å². The molecule has 4 N–H and O–H groups in total. The average Bonchev–Trinajstić information content (AvgIpc) is 3.37. The summed E-state index contributed by atoms with van der Waals surface area (Å²) in [4.78, 5) is 25.5. The smallest absolute Gasteiger partial charge is 0.411 e. The van der Waals surface area contributed by atoms with E-state index >= 15 is 0 Å². The minimum atomic E-state index is -0.694. The van der Waals surface area contributed by atoms with Gasteiger partial charge in [0.05, 0.1) is 25.5 Å². The Morgan fingerprint density at radius 2 is 1.89 bits per heavy atom. The van der Waals surface area contributed by atoms with Crippen LogP contribution in [0.3, 0.4) is 0 Å². The molecule has 1 aromatic heterocycles. The largest absolute Gasteiger partial charge is 0.467 e. The lowest BCUT2D eigenvalue weighted by atomic mass is 9.46. The van der Waals surface area contributed by atoms with E-state index in [0.717, 1.165) is 5.56 Å². The van der Waals surface area contributed by atoms with Gasteiger partial charge in [0.1, 0.15) is 11.9 Å². The zero-order valence-electron chi connectivity index (χ0n) is 21.3. The second kappa shape index (κ2) is 10.6. The van der Waals surface area contributed by atoms with Gasteiger partial charge in [-0.2, -0.15) is 0 Å². The number of amides is 2. The van der Waals surface area contributed by atoms with Crippen molar-refractivity contribution in [3.63, 3.8) is 0 Å². The third-order valence-electron chi connectivity index (χ3n) is 8.67. The van der Waals surface area contributed by atoms with Crippen LogP contribution in [0.15, 0.2) is 47.1 Å². The molecule has 0 unspecified atom stereocenters. The van der Waals surface area contributed by atoms with Gasteiger partial charge >= 0.3 is 6.09 Å². The van der Waals surface area contributed by atoms with E-state index in [1.54, 1.807) is 18.4 Å². The first-order valence-electron chi connectivity index (χ1n) is 12.8. The van der Waals surface area contributed by atoms with Gasteiger partial charge in [-0.25, -0.2) is 4.79 Å². The predicted molar refractivity (Wildman–Crippen MR) is 135 cm³/mol. The molecule has 0 spiro atoms. The molecule has 2 aliphatic carbocycles. The number of aliphatic hydroxyl groups excluding tert-OH is 2. The molecule has 4 rings (SSSR count). The molecule has 196 valence electrons. The van der Waals surface area contributed by atoms with Crippen LogP contribution in [0.5, 0.6) is 0 Å². The van der Waals surface area contributed by atoms with E-state index < -0.39 is 23.7 Å². The second-order valence-corrected chi connectivity index (χ2v) is 11.0. The molecule has 8 nitrogen and oxygen atoms in total. The quantitative estimate of drug-likeness (QED) is 0.449. The number of rotatable bonds is 7. The van der Waals surface area contributed by atoms with Crippen molar-refractivity contribution in [1.82, 2.24) is 5.32 Å². The van der Waals surface area contributed by atoms with Crippen molar-refractivity contribution in [2.24, 2.45) is 22.7 Å². The molecule has 2 fully saturated rings. The first kappa shape index (κ1) is 26.2. The lowest BCUT2D eigenvalue weighted by molar-refractivity contribution is -0.185. The van der Waals surface area contributed by atoms with Crippen LogP contribution in [0.1, 0.15) is 57.3 Å². The van der Waals surface area contributed by atoms with Gasteiger partial charge in [0, 0.05) is 17.5 Å². The van der Waals surface area contributed by atoms with Crippen molar-refractivity contribution in [1.29, 1.82) is 0 Å². The lowest BCUT2D eigenvalue weighted by Gasteiger charge is -2.60. The van der Waals surface area contributed by atoms with Gasteiger partial charge in [0.15, 0.2) is 0 Å². The Labute approximate surface area is 212 Å². The van der Waals surface area contributed by atoms with E-state index in [9.17, 15) is 19.8 Å². The fourth-order valence-corrected chi connectivity index (χ4v) is 6.56. The van der Waals surface area contributed by atoms with Crippen molar-refractivity contribution in [2.45, 2.75) is 71.6 Å². The minimum absolute atomic E-state index is 0.0211. The Morgan fingerprint density at radius 3 is 2.56 bits per heavy atom. The number of ether oxygens (including phenoxy) is 1. The Bertz CT molecular complexity index is 1040. The van der Waals surface area contributed by atoms with Crippen molar-refractivity contribution >= 4 is 17.7 Å². The molecule has 36 heavy (non-hydrogen) atoms. The summed E-state index contributed by atoms with van der Waals surface area (Å²) in [5.74, 6) is 0.248. The zero-order chi connectivity index (χ0) is 25.9. The Kier molecular flexibility index (Phi) is 7.76. The molecule has 1 heterocycles. The fourth-order valence-electron chi connectivity index (χ4n) is 6.56. The van der Waals surface area contributed by atoms with Crippen molar-refractivity contribution in [3.05, 3.63) is 54.0 Å². The van der Waals surface area contributed by atoms with E-state index in [1.807, 2.05) is 38.1 Å². The molecule has 0 saturated heterocycles. The fraction of sp³-hybridized carbons (Fsp3) is 0.571. The Hall–Kier alpha value is -2.84. The molecule has 1 aromatic carbocycles. The van der Waals surface area contributed by atoms with E-state index in [1.165, 1.54) is 0 Å². The molecule has 0 aliphatic heterocycles. The normalized spacial score (nSPS) is 31.8. The molecule has 0 bridgehead atoms. The maximum absolute atomic E-state index is 12.8. The van der Waals surface area contributed by atoms with Crippen LogP contribution in [-0.4, -0.2) is 41.0 Å². The maximum Gasteiger partial charge on any atom is 0.411 e. The van der Waals surface area contributed by atoms with E-state index in [-0.39, 0.29) is 36.2 Å². The summed E-state index contributed by atoms with van der Waals surface area (Å²) in [5.41, 5.74) is 0.667. The van der Waals surface area contributed by atoms with Crippen LogP contribution < -0.4 is 10.6 Å². The Morgan fingerprint density at radius 1 is 1.14 bits per heavy atom. The SMILES string of the molecule is Cc1ccc(NC(=O)O[C@H]2CC[C@@]3(C)[C@@H](CC[C@@H](O)[C@H]3CC(=O)NCc3ccco3)[C@]2(C)CO)cc1. The Balaban J connectivity index is 1.45. The highest BCUT2D eigenvalue weighted by Crippen LogP contribution is 2.61. The average molecular weight is 499 g/mol. The van der Waals surface area contributed by atoms with Crippen LogP contribution in [0.2, 0.25) is 0 Å². The molecular weight excluding hydrogens is 460 g/mol. The second-order valence-electron chi connectivity index (χ2n) is 11.0. The number of carbonyl (C=O) groups is 2. The molecular formula is C28H38N2O6. The highest BCUT2D eigenvalue weighted by Gasteiger charge is 2.60. The summed E-state index contributed by atoms with van der Waals surface area (Å²) in [5, 5.41) is 27.2. The summed E-state index contributed by atoms with van der Waals surface area (Å²) < 4.78 is 11.2. The predicted octanol–water partition coefficient (Wildman–Crippen LogP) is 4.40. The van der Waals surface area contributed by atoms with Crippen molar-refractivity contribution in [3.8, 4) is 0 Å². The van der Waals surface area contributed by atoms with E-state index in [0.29, 0.717) is 43.7 Å². The van der Waals surface area contributed by atoms with Crippen molar-refractivity contribution < 1.29 is 29.0 Å². The number of fused-ring (bicyclic) bond motifs is 1. The molecule has 2 saturated carbocycles. The van der Waals surface area contributed by atoms with Gasteiger partial charge in [0.2, 0.25) is 5.91 Å². The first-order valence-corrected chi connectivity index (χ1v) is 12.8. The number of carbonyl (C=O) groups excluding carboxylic acids is 2. The number of anilines is 1. The molecule has 0 radical (unpaired) electrons. The molecule has 8 heteroatoms. The highest BCUT2D eigenvalue weighted by atomic mass is 16.6. The van der Waals surface area contributed by atoms with Gasteiger partial charge in [0.25, 0.3) is 0 Å². The topological polar surface area (TPSA) is 121 Å². The molecule has 2 aliphatic rings. The lowest BCUT2D eigenvalue weighted by Crippen LogP contribution is -2.61. The summed E-state index contributed by atoms with van der Waals surface area (Å²) >= 11 is 0. The zero-order valence-corrected chi connectivity index (χ0v) is 21.3. The van der Waals surface area contributed by atoms with Crippen LogP contribution >= 0.6 is 0 Å². The number of nitrogens with one attached hydrogen (secondary N) is 2. The number of aliphatic hydroxyl groups is 2. The number of furan rings is 1. The van der Waals surface area contributed by atoms with E-state index in [4.69, 9.17) is 9.15 Å². The summed E-state index contributed by atoms with van der Waals surface area (Å²) in [6, 6.07) is 11.1.